The van der Waals surface area contributed by atoms with Gasteiger partial charge < -0.3 is 19.5 Å². The molecule has 0 bridgehead atoms. The molecule has 180 valence electrons. The van der Waals surface area contributed by atoms with Crippen LogP contribution in [0.2, 0.25) is 10.0 Å². The standard InChI is InChI=1S/C23H22Cl2N2O6S/c1-31-20-10-6-16(25)12-19(20)26-23(28)14-27(17-7-4-15(24)5-8-17)34(29,30)18-9-11-21(32-2)22(13-18)33-3/h4-13H,14H2,1-3H3,(H,26,28). The van der Waals surface area contributed by atoms with E-state index in [2.05, 4.69) is 5.32 Å². The maximum Gasteiger partial charge on any atom is 0.264 e. The molecule has 0 spiro atoms. The van der Waals surface area contributed by atoms with Crippen LogP contribution >= 0.6 is 23.2 Å². The molecule has 8 nitrogen and oxygen atoms in total. The Morgan fingerprint density at radius 2 is 1.41 bits per heavy atom. The fourth-order valence-corrected chi connectivity index (χ4v) is 4.86. The number of ether oxygens (including phenoxy) is 3. The smallest absolute Gasteiger partial charge is 0.264 e. The van der Waals surface area contributed by atoms with Crippen LogP contribution in [0.5, 0.6) is 17.2 Å². The molecule has 11 heteroatoms. The van der Waals surface area contributed by atoms with Crippen LogP contribution < -0.4 is 23.8 Å². The number of nitrogens with one attached hydrogen (secondary N) is 1. The molecule has 0 radical (unpaired) electrons. The van der Waals surface area contributed by atoms with Crippen LogP contribution in [-0.2, 0) is 14.8 Å². The largest absolute Gasteiger partial charge is 0.495 e. The lowest BCUT2D eigenvalue weighted by Crippen LogP contribution is -2.38. The summed E-state index contributed by atoms with van der Waals surface area (Å²) in [4.78, 5) is 12.9. The number of hydrogen-bond acceptors (Lipinski definition) is 6. The van der Waals surface area contributed by atoms with Gasteiger partial charge in [-0.05, 0) is 54.6 Å². The number of halogens is 2. The van der Waals surface area contributed by atoms with Gasteiger partial charge in [-0.1, -0.05) is 23.2 Å². The Kier molecular flexibility index (Phi) is 8.14. The molecule has 0 aliphatic heterocycles. The Hall–Kier alpha value is -3.14. The second-order valence-electron chi connectivity index (χ2n) is 6.90. The fourth-order valence-electron chi connectivity index (χ4n) is 3.12. The Balaban J connectivity index is 2.00. The van der Waals surface area contributed by atoms with E-state index in [1.165, 1.54) is 69.9 Å². The van der Waals surface area contributed by atoms with Crippen molar-refractivity contribution in [2.75, 3.05) is 37.5 Å². The molecule has 0 saturated heterocycles. The number of rotatable bonds is 9. The molecule has 34 heavy (non-hydrogen) atoms. The SMILES string of the molecule is COc1ccc(Cl)cc1NC(=O)CN(c1ccc(Cl)cc1)S(=O)(=O)c1ccc(OC)c(OC)c1. The maximum absolute atomic E-state index is 13.6. The zero-order valence-corrected chi connectivity index (χ0v) is 20.9. The lowest BCUT2D eigenvalue weighted by atomic mass is 10.3. The first kappa shape index (κ1) is 25.5. The highest BCUT2D eigenvalue weighted by atomic mass is 35.5. The van der Waals surface area contributed by atoms with Crippen molar-refractivity contribution in [1.82, 2.24) is 0 Å². The summed E-state index contributed by atoms with van der Waals surface area (Å²) in [6.45, 7) is -0.534. The summed E-state index contributed by atoms with van der Waals surface area (Å²) in [5, 5.41) is 3.45. The molecular formula is C23H22Cl2N2O6S. The van der Waals surface area contributed by atoms with Gasteiger partial charge in [0.15, 0.2) is 11.5 Å². The van der Waals surface area contributed by atoms with Gasteiger partial charge in [-0.15, -0.1) is 0 Å². The summed E-state index contributed by atoms with van der Waals surface area (Å²) in [7, 11) is 0.0904. The summed E-state index contributed by atoms with van der Waals surface area (Å²) < 4.78 is 43.9. The van der Waals surface area contributed by atoms with Crippen molar-refractivity contribution in [2.45, 2.75) is 4.90 Å². The van der Waals surface area contributed by atoms with E-state index in [4.69, 9.17) is 37.4 Å². The molecular weight excluding hydrogens is 503 g/mol. The molecule has 1 N–H and O–H groups in total. The van der Waals surface area contributed by atoms with Crippen molar-refractivity contribution >= 4 is 50.5 Å². The lowest BCUT2D eigenvalue weighted by molar-refractivity contribution is -0.114. The van der Waals surface area contributed by atoms with Crippen LogP contribution in [-0.4, -0.2) is 42.2 Å². The van der Waals surface area contributed by atoms with E-state index >= 15 is 0 Å². The molecule has 0 aliphatic carbocycles. The first-order chi connectivity index (χ1) is 16.2. The third-order valence-electron chi connectivity index (χ3n) is 4.78. The van der Waals surface area contributed by atoms with Gasteiger partial charge in [0, 0.05) is 16.1 Å². The Bertz CT molecular complexity index is 1280. The number of carbonyl (C=O) groups is 1. The van der Waals surface area contributed by atoms with E-state index in [-0.39, 0.29) is 16.3 Å². The lowest BCUT2D eigenvalue weighted by Gasteiger charge is -2.25. The van der Waals surface area contributed by atoms with E-state index in [1.54, 1.807) is 12.1 Å². The predicted molar refractivity (Wildman–Crippen MR) is 132 cm³/mol. The van der Waals surface area contributed by atoms with Gasteiger partial charge in [0.05, 0.1) is 37.6 Å². The first-order valence-electron chi connectivity index (χ1n) is 9.83. The first-order valence-corrected chi connectivity index (χ1v) is 12.0. The van der Waals surface area contributed by atoms with Crippen molar-refractivity contribution in [3.63, 3.8) is 0 Å². The number of benzene rings is 3. The number of anilines is 2. The van der Waals surface area contributed by atoms with E-state index in [1.807, 2.05) is 0 Å². The van der Waals surface area contributed by atoms with E-state index < -0.39 is 22.5 Å². The van der Waals surface area contributed by atoms with Gasteiger partial charge in [0.25, 0.3) is 10.0 Å². The highest BCUT2D eigenvalue weighted by Crippen LogP contribution is 2.33. The van der Waals surface area contributed by atoms with Crippen LogP contribution in [0.1, 0.15) is 0 Å². The van der Waals surface area contributed by atoms with Crippen molar-refractivity contribution in [3.05, 3.63) is 70.7 Å². The highest BCUT2D eigenvalue weighted by Gasteiger charge is 2.28. The maximum atomic E-state index is 13.6. The summed E-state index contributed by atoms with van der Waals surface area (Å²) >= 11 is 12.0. The fraction of sp³-hybridized carbons (Fsp3) is 0.174. The zero-order chi connectivity index (χ0) is 24.9. The second-order valence-corrected chi connectivity index (χ2v) is 9.63. The number of carbonyl (C=O) groups excluding carboxylic acids is 1. The number of nitrogens with zero attached hydrogens (tertiary/aromatic N) is 1. The van der Waals surface area contributed by atoms with Crippen LogP contribution in [0.3, 0.4) is 0 Å². The topological polar surface area (TPSA) is 94.2 Å². The normalized spacial score (nSPS) is 11.0. The van der Waals surface area contributed by atoms with Crippen LogP contribution in [0.4, 0.5) is 11.4 Å². The minimum atomic E-state index is -4.20. The number of sulfonamides is 1. The molecule has 0 unspecified atom stereocenters. The van der Waals surface area contributed by atoms with Crippen LogP contribution in [0.15, 0.2) is 65.6 Å². The molecule has 1 amide bonds. The zero-order valence-electron chi connectivity index (χ0n) is 18.5. The van der Waals surface area contributed by atoms with Crippen molar-refractivity contribution < 1.29 is 27.4 Å². The molecule has 0 fully saturated rings. The summed E-state index contributed by atoms with van der Waals surface area (Å²) in [5.41, 5.74) is 0.548. The highest BCUT2D eigenvalue weighted by molar-refractivity contribution is 7.92. The van der Waals surface area contributed by atoms with Crippen molar-refractivity contribution in [2.24, 2.45) is 0 Å². The predicted octanol–water partition coefficient (Wildman–Crippen LogP) is 4.85. The van der Waals surface area contributed by atoms with Gasteiger partial charge >= 0.3 is 0 Å². The molecule has 0 saturated carbocycles. The molecule has 0 aromatic heterocycles. The van der Waals surface area contributed by atoms with Gasteiger partial charge in [-0.3, -0.25) is 9.10 Å². The Morgan fingerprint density at radius 3 is 2.03 bits per heavy atom. The molecule has 0 heterocycles. The van der Waals surface area contributed by atoms with Crippen molar-refractivity contribution in [1.29, 1.82) is 0 Å². The average Bonchev–Trinajstić information content (AvgIpc) is 2.82. The van der Waals surface area contributed by atoms with Gasteiger partial charge in [0.1, 0.15) is 12.3 Å². The third kappa shape index (κ3) is 5.67. The number of hydrogen-bond donors (Lipinski definition) is 1. The Labute approximate surface area is 208 Å². The van der Waals surface area contributed by atoms with Gasteiger partial charge in [-0.25, -0.2) is 8.42 Å². The summed E-state index contributed by atoms with van der Waals surface area (Å²) in [5.74, 6) is 0.358. The third-order valence-corrected chi connectivity index (χ3v) is 7.04. The molecule has 3 rings (SSSR count). The minimum Gasteiger partial charge on any atom is -0.495 e. The quantitative estimate of drug-likeness (QED) is 0.429. The van der Waals surface area contributed by atoms with Crippen molar-refractivity contribution in [3.8, 4) is 17.2 Å². The molecule has 3 aromatic carbocycles. The van der Waals surface area contributed by atoms with Crippen LogP contribution in [0, 0.1) is 0 Å². The second kappa shape index (κ2) is 10.9. The summed E-state index contributed by atoms with van der Waals surface area (Å²) in [6, 6.07) is 15.0. The van der Waals surface area contributed by atoms with E-state index in [9.17, 15) is 13.2 Å². The number of amides is 1. The number of methoxy groups -OCH3 is 3. The van der Waals surface area contributed by atoms with Gasteiger partial charge in [-0.2, -0.15) is 0 Å². The minimum absolute atomic E-state index is 0.0896. The monoisotopic (exact) mass is 524 g/mol. The molecule has 3 aromatic rings. The average molecular weight is 525 g/mol. The summed E-state index contributed by atoms with van der Waals surface area (Å²) in [6.07, 6.45) is 0. The molecule has 0 aliphatic rings. The van der Waals surface area contributed by atoms with E-state index in [0.29, 0.717) is 27.2 Å². The van der Waals surface area contributed by atoms with Crippen LogP contribution in [0.25, 0.3) is 0 Å². The Morgan fingerprint density at radius 1 is 0.824 bits per heavy atom. The van der Waals surface area contributed by atoms with Gasteiger partial charge in [0.2, 0.25) is 5.91 Å². The van der Waals surface area contributed by atoms with E-state index in [0.717, 1.165) is 4.31 Å². The molecule has 0 atom stereocenters.